The zero-order chi connectivity index (χ0) is 45.1. The molecule has 4 aliphatic heterocycles. The van der Waals surface area contributed by atoms with Crippen LogP contribution in [-0.4, -0.2) is 102 Å². The lowest BCUT2D eigenvalue weighted by atomic mass is 10.0. The highest BCUT2D eigenvalue weighted by atomic mass is 16.6. The first-order valence-electron chi connectivity index (χ1n) is 21.2. The van der Waals surface area contributed by atoms with Gasteiger partial charge < -0.3 is 29.7 Å². The lowest BCUT2D eigenvalue weighted by Gasteiger charge is -2.40. The second-order valence-electron chi connectivity index (χ2n) is 18.0. The van der Waals surface area contributed by atoms with E-state index in [1.54, 1.807) is 71.9 Å². The Morgan fingerprint density at radius 3 is 2.05 bits per heavy atom. The topological polar surface area (TPSA) is 200 Å². The average molecular weight is 854 g/mol. The average Bonchev–Trinajstić information content (AvgIpc) is 3.69. The number of carbonyl (C=O) groups excluding carboxylic acids is 8. The highest BCUT2D eigenvalue weighted by Crippen LogP contribution is 2.35. The minimum Gasteiger partial charge on any atom is -0.443 e. The fraction of sp³-hybridized carbons (Fsp3) is 0.522. The van der Waals surface area contributed by atoms with Crippen molar-refractivity contribution in [3.63, 3.8) is 0 Å². The summed E-state index contributed by atoms with van der Waals surface area (Å²) in [6, 6.07) is 8.49. The first-order chi connectivity index (χ1) is 29.3. The summed E-state index contributed by atoms with van der Waals surface area (Å²) in [6.45, 7) is 10.1. The Balaban J connectivity index is 0.937. The second-order valence-corrected chi connectivity index (χ2v) is 18.0. The lowest BCUT2D eigenvalue weighted by Crippen LogP contribution is -2.59. The molecule has 2 saturated heterocycles. The van der Waals surface area contributed by atoms with Gasteiger partial charge in [0, 0.05) is 66.7 Å². The van der Waals surface area contributed by atoms with E-state index in [2.05, 4.69) is 17.2 Å². The first kappa shape index (κ1) is 45.4. The molecule has 4 heterocycles. The van der Waals surface area contributed by atoms with Crippen molar-refractivity contribution in [3.8, 4) is 11.8 Å². The number of amides is 8. The fourth-order valence-electron chi connectivity index (χ4n) is 8.12. The van der Waals surface area contributed by atoms with Crippen molar-refractivity contribution in [1.29, 1.82) is 0 Å². The van der Waals surface area contributed by atoms with Gasteiger partial charge in [0.25, 0.3) is 17.7 Å². The minimum absolute atomic E-state index is 0.0477. The molecule has 2 aromatic carbocycles. The molecule has 16 heteroatoms. The van der Waals surface area contributed by atoms with Gasteiger partial charge in [-0.15, -0.1) is 0 Å². The molecule has 0 saturated carbocycles. The molecule has 0 radical (unpaired) electrons. The molecule has 4 aliphatic rings. The fourth-order valence-corrected chi connectivity index (χ4v) is 8.12. The van der Waals surface area contributed by atoms with Crippen LogP contribution in [0, 0.1) is 11.8 Å². The number of ether oxygens (including phenoxy) is 2. The molecule has 2 aromatic rings. The summed E-state index contributed by atoms with van der Waals surface area (Å²) in [5, 5.41) is 14.1. The van der Waals surface area contributed by atoms with E-state index in [1.807, 2.05) is 6.07 Å². The number of piperidine rings is 2. The maximum Gasteiger partial charge on any atom is 0.424 e. The SMILES string of the molecule is CC(C)(C)OC(=O)N1C(=O)CCC(N2Cc3c(C#CCCCCCCCC(=O)Nc4cccc5c4CN(C4CCC(=O)N(C(=O)OC(C)(C)C)C4O)C5=O)cccc3C2=O)C1=O. The molecule has 62 heavy (non-hydrogen) atoms. The van der Waals surface area contributed by atoms with Crippen LogP contribution in [0.15, 0.2) is 36.4 Å². The van der Waals surface area contributed by atoms with E-state index in [-0.39, 0.29) is 62.9 Å². The van der Waals surface area contributed by atoms with Gasteiger partial charge in [-0.05, 0) is 97.1 Å². The smallest absolute Gasteiger partial charge is 0.424 e. The number of fused-ring (bicyclic) bond motifs is 2. The number of aliphatic hydroxyl groups is 1. The summed E-state index contributed by atoms with van der Waals surface area (Å²) in [4.78, 5) is 108. The summed E-state index contributed by atoms with van der Waals surface area (Å²) in [5.41, 5.74) is 1.50. The quantitative estimate of drug-likeness (QED) is 0.161. The van der Waals surface area contributed by atoms with Crippen molar-refractivity contribution in [2.45, 2.75) is 155 Å². The number of likely N-dealkylation sites (tertiary alicyclic amines) is 2. The van der Waals surface area contributed by atoms with Gasteiger partial charge in [-0.1, -0.05) is 43.2 Å². The molecule has 0 aliphatic carbocycles. The molecule has 2 fully saturated rings. The highest BCUT2D eigenvalue weighted by Gasteiger charge is 2.48. The summed E-state index contributed by atoms with van der Waals surface area (Å²) in [6.07, 6.45) is 1.58. The van der Waals surface area contributed by atoms with Crippen LogP contribution in [0.25, 0.3) is 0 Å². The Morgan fingerprint density at radius 2 is 1.34 bits per heavy atom. The number of hydrogen-bond donors (Lipinski definition) is 2. The summed E-state index contributed by atoms with van der Waals surface area (Å²) in [7, 11) is 0. The number of aliphatic hydroxyl groups excluding tert-OH is 1. The molecular weight excluding hydrogens is 799 g/mol. The van der Waals surface area contributed by atoms with Gasteiger partial charge in [0.1, 0.15) is 17.2 Å². The zero-order valence-corrected chi connectivity index (χ0v) is 36.2. The van der Waals surface area contributed by atoms with Crippen LogP contribution in [-0.2, 0) is 41.7 Å². The van der Waals surface area contributed by atoms with E-state index < -0.39 is 59.4 Å². The van der Waals surface area contributed by atoms with Crippen molar-refractivity contribution in [2.75, 3.05) is 5.32 Å². The van der Waals surface area contributed by atoms with E-state index >= 15 is 0 Å². The van der Waals surface area contributed by atoms with Crippen molar-refractivity contribution < 1.29 is 52.9 Å². The van der Waals surface area contributed by atoms with Crippen LogP contribution >= 0.6 is 0 Å². The molecule has 3 unspecified atom stereocenters. The predicted octanol–water partition coefficient (Wildman–Crippen LogP) is 6.02. The molecule has 8 amide bonds. The second kappa shape index (κ2) is 18.5. The maximum absolute atomic E-state index is 13.5. The van der Waals surface area contributed by atoms with E-state index in [9.17, 15) is 43.5 Å². The standard InChI is InChI=1S/C46H55N5O11/c1-45(2,3)61-43(59)50-37(53)24-22-34(41(50)57)48-26-31-28(17-14-18-29(31)39(48)55)16-12-10-8-7-9-11-13-21-36(52)47-33-20-15-19-30-32(33)27-49(40(30)56)35-23-25-38(54)51(42(35)58)44(60)62-46(4,5)6/h14-15,17-20,34-35,42,58H,7-11,13,21-27H2,1-6H3,(H,47,52). The van der Waals surface area contributed by atoms with Crippen LogP contribution in [0.4, 0.5) is 15.3 Å². The van der Waals surface area contributed by atoms with Crippen LogP contribution in [0.1, 0.15) is 150 Å². The van der Waals surface area contributed by atoms with Gasteiger partial charge in [-0.25, -0.2) is 14.5 Å². The molecule has 0 aromatic heterocycles. The molecule has 6 rings (SSSR count). The van der Waals surface area contributed by atoms with Crippen LogP contribution in [0.5, 0.6) is 0 Å². The van der Waals surface area contributed by atoms with E-state index in [4.69, 9.17) is 9.47 Å². The summed E-state index contributed by atoms with van der Waals surface area (Å²) in [5.74, 6) is 3.46. The predicted molar refractivity (Wildman–Crippen MR) is 224 cm³/mol. The molecule has 0 spiro atoms. The van der Waals surface area contributed by atoms with Crippen LogP contribution < -0.4 is 5.32 Å². The molecule has 0 bridgehead atoms. The number of nitrogens with zero attached hydrogens (tertiary/aromatic N) is 4. The van der Waals surface area contributed by atoms with Gasteiger partial charge in [-0.2, -0.15) is 4.90 Å². The van der Waals surface area contributed by atoms with Gasteiger partial charge in [0.15, 0.2) is 6.23 Å². The third-order valence-electron chi connectivity index (χ3n) is 11.1. The number of imide groups is 4. The Bertz CT molecular complexity index is 2230. The van der Waals surface area contributed by atoms with E-state index in [0.29, 0.717) is 56.1 Å². The van der Waals surface area contributed by atoms with E-state index in [0.717, 1.165) is 25.7 Å². The van der Waals surface area contributed by atoms with Gasteiger partial charge in [0.2, 0.25) is 17.7 Å². The Morgan fingerprint density at radius 1 is 0.742 bits per heavy atom. The number of benzene rings is 2. The maximum atomic E-state index is 13.5. The third kappa shape index (κ3) is 10.2. The monoisotopic (exact) mass is 853 g/mol. The lowest BCUT2D eigenvalue weighted by molar-refractivity contribution is -0.152. The normalized spacial score (nSPS) is 20.2. The summed E-state index contributed by atoms with van der Waals surface area (Å²) >= 11 is 0. The Hall–Kier alpha value is -6.08. The Labute approximate surface area is 361 Å². The molecular formula is C46H55N5O11. The number of rotatable bonds is 10. The van der Waals surface area contributed by atoms with Gasteiger partial charge >= 0.3 is 12.2 Å². The number of hydrogen-bond acceptors (Lipinski definition) is 11. The number of anilines is 1. The molecule has 3 atom stereocenters. The van der Waals surface area contributed by atoms with Crippen LogP contribution in [0.2, 0.25) is 0 Å². The van der Waals surface area contributed by atoms with Crippen molar-refractivity contribution in [2.24, 2.45) is 0 Å². The van der Waals surface area contributed by atoms with Crippen LogP contribution in [0.3, 0.4) is 0 Å². The highest BCUT2D eigenvalue weighted by molar-refractivity contribution is 6.13. The van der Waals surface area contributed by atoms with Gasteiger partial charge in [-0.3, -0.25) is 28.8 Å². The number of unbranched alkanes of at least 4 members (excludes halogenated alkanes) is 5. The summed E-state index contributed by atoms with van der Waals surface area (Å²) < 4.78 is 10.6. The number of nitrogens with one attached hydrogen (secondary N) is 1. The number of carbonyl (C=O) groups is 8. The zero-order valence-electron chi connectivity index (χ0n) is 36.2. The molecule has 330 valence electrons. The van der Waals surface area contributed by atoms with Crippen molar-refractivity contribution in [1.82, 2.24) is 19.6 Å². The first-order valence-corrected chi connectivity index (χ1v) is 21.2. The third-order valence-corrected chi connectivity index (χ3v) is 11.1. The van der Waals surface area contributed by atoms with Gasteiger partial charge in [0.05, 0.1) is 6.04 Å². The largest absolute Gasteiger partial charge is 0.443 e. The van der Waals surface area contributed by atoms with E-state index in [1.165, 1.54) is 9.80 Å². The van der Waals surface area contributed by atoms with Crippen molar-refractivity contribution in [3.05, 3.63) is 64.2 Å². The Kier molecular flexibility index (Phi) is 13.6. The minimum atomic E-state index is -1.59. The van der Waals surface area contributed by atoms with Crippen molar-refractivity contribution >= 4 is 53.3 Å². The molecule has 2 N–H and O–H groups in total. The molecule has 16 nitrogen and oxygen atoms in total.